The van der Waals surface area contributed by atoms with E-state index in [1.807, 2.05) is 25.1 Å². The monoisotopic (exact) mass is 310 g/mol. The van der Waals surface area contributed by atoms with Gasteiger partial charge in [-0.25, -0.2) is 9.98 Å². The first-order valence-electron chi connectivity index (χ1n) is 7.00. The number of thiazole rings is 1. The molecular formula is C17H14N2O2S. The molecule has 4 rings (SSSR count). The SMILES string of the molecule is COc1ccc2c(c1)Cc1sc(N=Cc3ccc(C)o3)nc1-2. The van der Waals surface area contributed by atoms with Crippen molar-refractivity contribution in [2.75, 3.05) is 7.11 Å². The molecule has 0 saturated carbocycles. The molecule has 2 aromatic heterocycles. The summed E-state index contributed by atoms with van der Waals surface area (Å²) < 4.78 is 10.8. The number of methoxy groups -OCH3 is 1. The van der Waals surface area contributed by atoms with Crippen molar-refractivity contribution in [1.82, 2.24) is 4.98 Å². The summed E-state index contributed by atoms with van der Waals surface area (Å²) in [6.07, 6.45) is 2.62. The lowest BCUT2D eigenvalue weighted by molar-refractivity contribution is 0.414. The molecule has 0 N–H and O–H groups in total. The molecule has 0 saturated heterocycles. The van der Waals surface area contributed by atoms with Crippen molar-refractivity contribution < 1.29 is 9.15 Å². The highest BCUT2D eigenvalue weighted by Gasteiger charge is 2.23. The Bertz CT molecular complexity index is 877. The van der Waals surface area contributed by atoms with Crippen LogP contribution >= 0.6 is 11.3 Å². The molecule has 0 aliphatic heterocycles. The molecule has 0 atom stereocenters. The second-order valence-corrected chi connectivity index (χ2v) is 6.24. The largest absolute Gasteiger partial charge is 0.497 e. The van der Waals surface area contributed by atoms with E-state index in [0.717, 1.165) is 34.5 Å². The number of rotatable bonds is 3. The Morgan fingerprint density at radius 3 is 3.00 bits per heavy atom. The predicted molar refractivity (Wildman–Crippen MR) is 87.6 cm³/mol. The van der Waals surface area contributed by atoms with Crippen molar-refractivity contribution in [3.05, 3.63) is 52.3 Å². The Labute approximate surface area is 132 Å². The molecule has 110 valence electrons. The van der Waals surface area contributed by atoms with Crippen LogP contribution < -0.4 is 4.74 Å². The van der Waals surface area contributed by atoms with Crippen LogP contribution in [0.5, 0.6) is 5.75 Å². The summed E-state index contributed by atoms with van der Waals surface area (Å²) in [6.45, 7) is 1.92. The van der Waals surface area contributed by atoms with Gasteiger partial charge in [0.25, 0.3) is 0 Å². The highest BCUT2D eigenvalue weighted by molar-refractivity contribution is 7.15. The second-order valence-electron chi connectivity index (χ2n) is 5.17. The molecule has 0 radical (unpaired) electrons. The molecule has 0 bridgehead atoms. The number of hydrogen-bond donors (Lipinski definition) is 0. The average molecular weight is 310 g/mol. The fraction of sp³-hybridized carbons (Fsp3) is 0.176. The van der Waals surface area contributed by atoms with E-state index in [4.69, 9.17) is 9.15 Å². The molecule has 2 heterocycles. The van der Waals surface area contributed by atoms with E-state index in [0.29, 0.717) is 0 Å². The quantitative estimate of drug-likeness (QED) is 0.528. The summed E-state index contributed by atoms with van der Waals surface area (Å²) in [5.41, 5.74) is 3.50. The molecule has 1 aliphatic carbocycles. The van der Waals surface area contributed by atoms with Crippen LogP contribution in [0.4, 0.5) is 5.13 Å². The Morgan fingerprint density at radius 1 is 1.32 bits per heavy atom. The van der Waals surface area contributed by atoms with E-state index in [1.54, 1.807) is 24.7 Å². The van der Waals surface area contributed by atoms with Crippen molar-refractivity contribution in [1.29, 1.82) is 0 Å². The maximum atomic E-state index is 5.48. The molecule has 0 unspecified atom stereocenters. The van der Waals surface area contributed by atoms with Crippen molar-refractivity contribution in [3.63, 3.8) is 0 Å². The molecule has 22 heavy (non-hydrogen) atoms. The number of aliphatic imine (C=N–C) groups is 1. The van der Waals surface area contributed by atoms with Crippen molar-refractivity contribution in [3.8, 4) is 17.0 Å². The van der Waals surface area contributed by atoms with Gasteiger partial charge in [-0.15, -0.1) is 0 Å². The standard InChI is InChI=1S/C17H14N2O2S/c1-10-3-4-13(21-10)9-18-17-19-16-14-6-5-12(20-2)7-11(14)8-15(16)22-17/h3-7,9H,8H2,1-2H3. The Balaban J connectivity index is 1.63. The molecule has 1 aromatic carbocycles. The lowest BCUT2D eigenvalue weighted by atomic mass is 10.1. The summed E-state index contributed by atoms with van der Waals surface area (Å²) >= 11 is 1.63. The molecule has 5 heteroatoms. The number of benzene rings is 1. The van der Waals surface area contributed by atoms with E-state index >= 15 is 0 Å². The smallest absolute Gasteiger partial charge is 0.210 e. The summed E-state index contributed by atoms with van der Waals surface area (Å²) in [5.74, 6) is 2.52. The van der Waals surface area contributed by atoms with Crippen LogP contribution in [0.3, 0.4) is 0 Å². The molecular weight excluding hydrogens is 296 g/mol. The Morgan fingerprint density at radius 2 is 2.23 bits per heavy atom. The van der Waals surface area contributed by atoms with Gasteiger partial charge in [-0.1, -0.05) is 11.3 Å². The minimum atomic E-state index is 0.748. The maximum Gasteiger partial charge on any atom is 0.210 e. The van der Waals surface area contributed by atoms with E-state index in [9.17, 15) is 0 Å². The molecule has 0 fully saturated rings. The van der Waals surface area contributed by atoms with E-state index < -0.39 is 0 Å². The average Bonchev–Trinajstić information content (AvgIpc) is 3.18. The van der Waals surface area contributed by atoms with E-state index in [-0.39, 0.29) is 0 Å². The molecule has 3 aromatic rings. The number of aromatic nitrogens is 1. The molecule has 0 amide bonds. The summed E-state index contributed by atoms with van der Waals surface area (Å²) in [5, 5.41) is 0.764. The molecule has 4 nitrogen and oxygen atoms in total. The van der Waals surface area contributed by atoms with Crippen molar-refractivity contribution in [2.24, 2.45) is 4.99 Å². The number of aryl methyl sites for hydroxylation is 1. The Kier molecular flexibility index (Phi) is 3.08. The van der Waals surface area contributed by atoms with Gasteiger partial charge in [0.2, 0.25) is 5.13 Å². The third-order valence-corrected chi connectivity index (χ3v) is 4.63. The van der Waals surface area contributed by atoms with Crippen LogP contribution in [0.2, 0.25) is 0 Å². The fourth-order valence-corrected chi connectivity index (χ4v) is 3.56. The van der Waals surface area contributed by atoms with Gasteiger partial charge in [0.15, 0.2) is 0 Å². The van der Waals surface area contributed by atoms with Gasteiger partial charge in [0.05, 0.1) is 19.0 Å². The number of nitrogens with zero attached hydrogens (tertiary/aromatic N) is 2. The highest BCUT2D eigenvalue weighted by atomic mass is 32.1. The van der Waals surface area contributed by atoms with Gasteiger partial charge < -0.3 is 9.15 Å². The van der Waals surface area contributed by atoms with E-state index in [1.165, 1.54) is 16.0 Å². The lowest BCUT2D eigenvalue weighted by Crippen LogP contribution is -1.86. The zero-order chi connectivity index (χ0) is 15.1. The van der Waals surface area contributed by atoms with Crippen LogP contribution in [0.25, 0.3) is 11.3 Å². The summed E-state index contributed by atoms with van der Waals surface area (Å²) in [4.78, 5) is 10.3. The first-order chi connectivity index (χ1) is 10.7. The first-order valence-corrected chi connectivity index (χ1v) is 7.82. The lowest BCUT2D eigenvalue weighted by Gasteiger charge is -2.03. The van der Waals surface area contributed by atoms with Gasteiger partial charge in [0.1, 0.15) is 17.3 Å². The third-order valence-electron chi connectivity index (χ3n) is 3.67. The van der Waals surface area contributed by atoms with Crippen LogP contribution in [0, 0.1) is 6.92 Å². The number of ether oxygens (including phenoxy) is 1. The van der Waals surface area contributed by atoms with Crippen molar-refractivity contribution in [2.45, 2.75) is 13.3 Å². The van der Waals surface area contributed by atoms with Crippen LogP contribution in [-0.2, 0) is 6.42 Å². The van der Waals surface area contributed by atoms with Crippen LogP contribution in [0.1, 0.15) is 22.0 Å². The molecule has 1 aliphatic rings. The maximum absolute atomic E-state index is 5.48. The fourth-order valence-electron chi connectivity index (χ4n) is 2.61. The van der Waals surface area contributed by atoms with Gasteiger partial charge >= 0.3 is 0 Å². The van der Waals surface area contributed by atoms with Gasteiger partial charge in [-0.2, -0.15) is 0 Å². The second kappa shape index (κ2) is 5.10. The Hall–Kier alpha value is -2.40. The zero-order valence-corrected chi connectivity index (χ0v) is 13.1. The first kappa shape index (κ1) is 13.3. The summed E-state index contributed by atoms with van der Waals surface area (Å²) in [7, 11) is 1.69. The van der Waals surface area contributed by atoms with Gasteiger partial charge in [-0.3, -0.25) is 0 Å². The normalized spacial score (nSPS) is 12.6. The van der Waals surface area contributed by atoms with E-state index in [2.05, 4.69) is 22.1 Å². The number of hydrogen-bond acceptors (Lipinski definition) is 5. The number of fused-ring (bicyclic) bond motifs is 3. The molecule has 0 spiro atoms. The minimum absolute atomic E-state index is 0.748. The van der Waals surface area contributed by atoms with Crippen LogP contribution in [-0.4, -0.2) is 18.3 Å². The van der Waals surface area contributed by atoms with Gasteiger partial charge in [0, 0.05) is 16.9 Å². The van der Waals surface area contributed by atoms with Gasteiger partial charge in [-0.05, 0) is 42.8 Å². The highest BCUT2D eigenvalue weighted by Crippen LogP contribution is 2.42. The summed E-state index contributed by atoms with van der Waals surface area (Å²) in [6, 6.07) is 9.96. The third kappa shape index (κ3) is 2.23. The number of furan rings is 1. The topological polar surface area (TPSA) is 47.6 Å². The van der Waals surface area contributed by atoms with Crippen molar-refractivity contribution >= 4 is 22.7 Å². The minimum Gasteiger partial charge on any atom is -0.497 e. The predicted octanol–water partition coefficient (Wildman–Crippen LogP) is 4.37. The zero-order valence-electron chi connectivity index (χ0n) is 12.3. The van der Waals surface area contributed by atoms with Crippen LogP contribution in [0.15, 0.2) is 39.7 Å².